The quantitative estimate of drug-likeness (QED) is 0.168. The van der Waals surface area contributed by atoms with E-state index < -0.39 is 8.32 Å². The number of ether oxygens (including phenoxy) is 2. The van der Waals surface area contributed by atoms with Gasteiger partial charge in [-0.15, -0.1) is 11.8 Å². The summed E-state index contributed by atoms with van der Waals surface area (Å²) < 4.78 is 20.1. The predicted molar refractivity (Wildman–Crippen MR) is 185 cm³/mol. The van der Waals surface area contributed by atoms with Gasteiger partial charge in [0.1, 0.15) is 35.7 Å². The number of aromatic hydroxyl groups is 1. The molecule has 232 valence electrons. The molecular weight excluding hydrogens is 581 g/mol. The van der Waals surface area contributed by atoms with Crippen molar-refractivity contribution in [3.05, 3.63) is 113 Å². The SMILES string of the molecule is CCc1cc(OCc2ccccc2)cc2c1S[C@@H](c1ccc(O[Si](C(C)C)(C(C)C)C(C)C)cc1)[C@@H](c1ccc(O)cc1)O2. The summed E-state index contributed by atoms with van der Waals surface area (Å²) in [7, 11) is -2.06. The highest BCUT2D eigenvalue weighted by Crippen LogP contribution is 2.55. The van der Waals surface area contributed by atoms with Crippen molar-refractivity contribution < 1.29 is 19.0 Å². The van der Waals surface area contributed by atoms with Crippen LogP contribution in [0.3, 0.4) is 0 Å². The van der Waals surface area contributed by atoms with E-state index in [1.807, 2.05) is 48.2 Å². The first-order chi connectivity index (χ1) is 21.1. The molecule has 1 aliphatic rings. The van der Waals surface area contributed by atoms with Crippen LogP contribution in [0, 0.1) is 0 Å². The van der Waals surface area contributed by atoms with E-state index in [0.717, 1.165) is 39.7 Å². The first-order valence-corrected chi connectivity index (χ1v) is 18.9. The molecule has 6 heteroatoms. The van der Waals surface area contributed by atoms with Crippen LogP contribution in [0.5, 0.6) is 23.0 Å². The van der Waals surface area contributed by atoms with E-state index in [4.69, 9.17) is 13.9 Å². The zero-order chi connectivity index (χ0) is 31.4. The third kappa shape index (κ3) is 6.67. The lowest BCUT2D eigenvalue weighted by atomic mass is 9.99. The molecule has 0 saturated heterocycles. The van der Waals surface area contributed by atoms with Crippen LogP contribution in [0.4, 0.5) is 0 Å². The highest BCUT2D eigenvalue weighted by molar-refractivity contribution is 7.99. The predicted octanol–water partition coefficient (Wildman–Crippen LogP) is 11.1. The van der Waals surface area contributed by atoms with Gasteiger partial charge in [-0.25, -0.2) is 0 Å². The molecule has 1 heterocycles. The summed E-state index contributed by atoms with van der Waals surface area (Å²) in [5, 5.41) is 10.0. The zero-order valence-electron chi connectivity index (χ0n) is 27.0. The molecule has 1 N–H and O–H groups in total. The van der Waals surface area contributed by atoms with E-state index in [-0.39, 0.29) is 17.1 Å². The van der Waals surface area contributed by atoms with Gasteiger partial charge in [-0.1, -0.05) is 103 Å². The van der Waals surface area contributed by atoms with Gasteiger partial charge in [0.2, 0.25) is 0 Å². The van der Waals surface area contributed by atoms with E-state index in [1.165, 1.54) is 11.1 Å². The molecule has 0 amide bonds. The molecule has 4 nitrogen and oxygen atoms in total. The standard InChI is InChI=1S/C38H46O4SSi/c1-8-29-22-34(40-24-28-12-10-9-11-13-28)23-35-37(29)43-38(36(41-35)30-14-18-32(39)19-15-30)31-16-20-33(21-17-31)42-44(25(2)3,26(4)5)27(6)7/h9-23,25-27,36,38-39H,8,24H2,1-7H3/t36-,38+/m1/s1. The van der Waals surface area contributed by atoms with E-state index in [2.05, 4.69) is 90.9 Å². The maximum absolute atomic E-state index is 10.0. The number of hydrogen-bond acceptors (Lipinski definition) is 5. The van der Waals surface area contributed by atoms with Crippen molar-refractivity contribution in [1.82, 2.24) is 0 Å². The highest BCUT2D eigenvalue weighted by Gasteiger charge is 2.47. The summed E-state index contributed by atoms with van der Waals surface area (Å²) >= 11 is 1.85. The summed E-state index contributed by atoms with van der Waals surface area (Å²) in [6.07, 6.45) is 0.626. The minimum Gasteiger partial charge on any atom is -0.543 e. The van der Waals surface area contributed by atoms with Crippen molar-refractivity contribution in [2.75, 3.05) is 0 Å². The van der Waals surface area contributed by atoms with Crippen molar-refractivity contribution in [3.8, 4) is 23.0 Å². The Morgan fingerprint density at radius 2 is 1.39 bits per heavy atom. The van der Waals surface area contributed by atoms with Crippen LogP contribution in [-0.2, 0) is 13.0 Å². The topological polar surface area (TPSA) is 47.9 Å². The van der Waals surface area contributed by atoms with Gasteiger partial charge in [0, 0.05) is 6.07 Å². The Kier molecular flexibility index (Phi) is 10.0. The lowest BCUT2D eigenvalue weighted by molar-refractivity contribution is 0.188. The third-order valence-electron chi connectivity index (χ3n) is 8.94. The normalized spacial score (nSPS) is 16.6. The van der Waals surface area contributed by atoms with E-state index in [1.54, 1.807) is 12.1 Å². The zero-order valence-corrected chi connectivity index (χ0v) is 28.9. The molecule has 0 spiro atoms. The Labute approximate surface area is 268 Å². The molecule has 44 heavy (non-hydrogen) atoms. The van der Waals surface area contributed by atoms with Crippen LogP contribution in [0.2, 0.25) is 16.6 Å². The summed E-state index contributed by atoms with van der Waals surface area (Å²) in [5.41, 5.74) is 6.07. The second kappa shape index (κ2) is 13.7. The molecule has 0 saturated carbocycles. The van der Waals surface area contributed by atoms with E-state index in [9.17, 15) is 5.11 Å². The average Bonchev–Trinajstić information content (AvgIpc) is 3.02. The molecule has 0 bridgehead atoms. The van der Waals surface area contributed by atoms with Crippen LogP contribution >= 0.6 is 11.8 Å². The second-order valence-corrected chi connectivity index (χ2v) is 19.2. The minimum atomic E-state index is -2.06. The number of hydrogen-bond donors (Lipinski definition) is 1. The van der Waals surface area contributed by atoms with Crippen molar-refractivity contribution in [1.29, 1.82) is 0 Å². The lowest BCUT2D eigenvalue weighted by Crippen LogP contribution is -2.50. The van der Waals surface area contributed by atoms with Gasteiger partial charge < -0.3 is 19.0 Å². The Morgan fingerprint density at radius 1 is 0.773 bits per heavy atom. The summed E-state index contributed by atoms with van der Waals surface area (Å²) in [6.45, 7) is 16.6. The smallest absolute Gasteiger partial charge is 0.258 e. The highest BCUT2D eigenvalue weighted by atomic mass is 32.2. The fourth-order valence-electron chi connectivity index (χ4n) is 6.76. The van der Waals surface area contributed by atoms with Gasteiger partial charge in [0.05, 0.1) is 10.1 Å². The maximum Gasteiger partial charge on any atom is 0.258 e. The number of rotatable bonds is 11. The number of phenols is 1. The van der Waals surface area contributed by atoms with E-state index >= 15 is 0 Å². The number of fused-ring (bicyclic) bond motifs is 1. The van der Waals surface area contributed by atoms with E-state index in [0.29, 0.717) is 23.2 Å². The molecular formula is C38H46O4SSi. The summed E-state index contributed by atoms with van der Waals surface area (Å²) in [6, 6.07) is 30.5. The third-order valence-corrected chi connectivity index (χ3v) is 16.4. The molecule has 4 aromatic carbocycles. The Hall–Kier alpha value is -3.35. The molecule has 0 unspecified atom stereocenters. The second-order valence-electron chi connectivity index (χ2n) is 12.7. The van der Waals surface area contributed by atoms with Gasteiger partial charge >= 0.3 is 0 Å². The average molecular weight is 627 g/mol. The van der Waals surface area contributed by atoms with Gasteiger partial charge in [0.15, 0.2) is 0 Å². The van der Waals surface area contributed by atoms with Gasteiger partial charge in [0.25, 0.3) is 8.32 Å². The summed E-state index contributed by atoms with van der Waals surface area (Å²) in [4.78, 5) is 1.16. The molecule has 0 fully saturated rings. The van der Waals surface area contributed by atoms with Crippen LogP contribution in [0.25, 0.3) is 0 Å². The maximum atomic E-state index is 10.0. The molecule has 0 radical (unpaired) electrons. The number of aryl methyl sites for hydroxylation is 1. The monoisotopic (exact) mass is 626 g/mol. The van der Waals surface area contributed by atoms with Crippen LogP contribution in [-0.4, -0.2) is 13.4 Å². The fraction of sp³-hybridized carbons (Fsp3) is 0.368. The van der Waals surface area contributed by atoms with Crippen molar-refractivity contribution >= 4 is 20.1 Å². The van der Waals surface area contributed by atoms with Crippen LogP contribution < -0.4 is 13.9 Å². The molecule has 1 aliphatic heterocycles. The largest absolute Gasteiger partial charge is 0.543 e. The van der Waals surface area contributed by atoms with Gasteiger partial charge in [-0.2, -0.15) is 0 Å². The van der Waals surface area contributed by atoms with Crippen molar-refractivity contribution in [2.24, 2.45) is 0 Å². The van der Waals surface area contributed by atoms with Crippen LogP contribution in [0.1, 0.15) is 82.1 Å². The molecule has 5 rings (SSSR count). The van der Waals surface area contributed by atoms with Crippen molar-refractivity contribution in [3.63, 3.8) is 0 Å². The molecule has 2 atom stereocenters. The Bertz CT molecular complexity index is 1500. The summed E-state index contributed by atoms with van der Waals surface area (Å²) in [5.74, 6) is 2.85. The fourth-order valence-corrected chi connectivity index (χ4v) is 13.5. The Balaban J connectivity index is 1.48. The number of benzene rings is 4. The Morgan fingerprint density at radius 3 is 1.98 bits per heavy atom. The van der Waals surface area contributed by atoms with Gasteiger partial charge in [-0.05, 0) is 75.6 Å². The lowest BCUT2D eigenvalue weighted by Gasteiger charge is -2.42. The van der Waals surface area contributed by atoms with Crippen LogP contribution in [0.15, 0.2) is 95.9 Å². The number of thioether (sulfide) groups is 1. The van der Waals surface area contributed by atoms with Gasteiger partial charge in [-0.3, -0.25) is 0 Å². The first kappa shape index (κ1) is 32.1. The minimum absolute atomic E-state index is 0.0183. The molecule has 0 aromatic heterocycles. The molecule has 4 aromatic rings. The molecule has 0 aliphatic carbocycles. The van der Waals surface area contributed by atoms with Crippen molar-refractivity contribution in [2.45, 2.75) is 94.4 Å². The number of phenolic OH excluding ortho intramolecular Hbond substituents is 1. The first-order valence-electron chi connectivity index (χ1n) is 15.9.